The van der Waals surface area contributed by atoms with Crippen molar-refractivity contribution in [3.8, 4) is 5.75 Å². The molecule has 0 spiro atoms. The van der Waals surface area contributed by atoms with Crippen LogP contribution in [0.15, 0.2) is 82.8 Å². The van der Waals surface area contributed by atoms with E-state index in [1.165, 1.54) is 16.1 Å². The molecule has 0 bridgehead atoms. The molecule has 1 unspecified atom stereocenters. The van der Waals surface area contributed by atoms with E-state index in [0.29, 0.717) is 18.3 Å². The summed E-state index contributed by atoms with van der Waals surface area (Å²) in [6.07, 6.45) is -0.718. The summed E-state index contributed by atoms with van der Waals surface area (Å²) in [7, 11) is -3.81. The summed E-state index contributed by atoms with van der Waals surface area (Å²) in [5.74, 6) is 0.722. The quantitative estimate of drug-likeness (QED) is 0.331. The van der Waals surface area contributed by atoms with Gasteiger partial charge in [0.15, 0.2) is 5.16 Å². The zero-order valence-corrected chi connectivity index (χ0v) is 22.3. The van der Waals surface area contributed by atoms with Crippen molar-refractivity contribution in [1.82, 2.24) is 19.2 Å². The largest absolute Gasteiger partial charge is 0.494 e. The molecule has 0 saturated carbocycles. The summed E-state index contributed by atoms with van der Waals surface area (Å²) in [6, 6.07) is 21.7. The number of nitrogens with zero attached hydrogens (tertiary/aromatic N) is 3. The fraction of sp³-hybridized carbons (Fsp3) is 0.259. The van der Waals surface area contributed by atoms with Gasteiger partial charge in [0.05, 0.1) is 28.3 Å². The van der Waals surface area contributed by atoms with E-state index in [-0.39, 0.29) is 23.1 Å². The van der Waals surface area contributed by atoms with E-state index in [4.69, 9.17) is 4.74 Å². The van der Waals surface area contributed by atoms with Crippen LogP contribution in [0.5, 0.6) is 5.75 Å². The highest BCUT2D eigenvalue weighted by Crippen LogP contribution is 2.36. The lowest BCUT2D eigenvalue weighted by molar-refractivity contribution is -0.130. The number of carbonyl (C=O) groups is 1. The second-order valence-corrected chi connectivity index (χ2v) is 11.6. The number of aryl methyl sites for hydroxylation is 1. The van der Waals surface area contributed by atoms with Gasteiger partial charge < -0.3 is 14.6 Å². The zero-order valence-electron chi connectivity index (χ0n) is 20.6. The fourth-order valence-corrected chi connectivity index (χ4v) is 6.78. The van der Waals surface area contributed by atoms with E-state index in [1.807, 2.05) is 62.4 Å². The van der Waals surface area contributed by atoms with Crippen molar-refractivity contribution in [2.75, 3.05) is 25.4 Å². The molecule has 1 saturated heterocycles. The van der Waals surface area contributed by atoms with Gasteiger partial charge in [-0.25, -0.2) is 13.4 Å². The number of benzene rings is 3. The highest BCUT2D eigenvalue weighted by Gasteiger charge is 2.43. The third-order valence-corrected chi connectivity index (χ3v) is 8.98. The van der Waals surface area contributed by atoms with Crippen molar-refractivity contribution >= 4 is 38.7 Å². The molecular formula is C27H28N4O4S2. The smallest absolute Gasteiger partial charge is 0.245 e. The van der Waals surface area contributed by atoms with Gasteiger partial charge >= 0.3 is 0 Å². The molecule has 37 heavy (non-hydrogen) atoms. The lowest BCUT2D eigenvalue weighted by Crippen LogP contribution is -2.38. The number of amides is 1. The molecule has 1 aliphatic heterocycles. The number of H-pyrrole nitrogens is 1. The highest BCUT2D eigenvalue weighted by molar-refractivity contribution is 7.99. The predicted octanol–water partition coefficient (Wildman–Crippen LogP) is 4.59. The minimum atomic E-state index is -3.81. The topological polar surface area (TPSA) is 95.6 Å². The molecule has 0 radical (unpaired) electrons. The van der Waals surface area contributed by atoms with Crippen molar-refractivity contribution < 1.29 is 17.9 Å². The maximum atomic E-state index is 13.6. The Bertz CT molecular complexity index is 1500. The molecule has 5 rings (SSSR count). The number of aromatic nitrogens is 2. The molecule has 1 aromatic heterocycles. The van der Waals surface area contributed by atoms with Crippen LogP contribution in [-0.2, 0) is 14.8 Å². The number of carbonyl (C=O) groups excluding carboxylic acids is 1. The van der Waals surface area contributed by atoms with Gasteiger partial charge in [-0.05, 0) is 43.7 Å². The molecule has 0 aliphatic carbocycles. The number of thioether (sulfide) groups is 1. The summed E-state index contributed by atoms with van der Waals surface area (Å²) in [5, 5.41) is 0.622. The average molecular weight is 537 g/mol. The minimum absolute atomic E-state index is 0.125. The Kier molecular flexibility index (Phi) is 7.23. The number of aromatic amines is 1. The number of rotatable bonds is 8. The number of nitrogens with one attached hydrogen (secondary N) is 1. The van der Waals surface area contributed by atoms with E-state index in [0.717, 1.165) is 27.9 Å². The first-order valence-corrected chi connectivity index (χ1v) is 14.5. The Labute approximate surface area is 220 Å². The van der Waals surface area contributed by atoms with Gasteiger partial charge in [0.25, 0.3) is 0 Å². The van der Waals surface area contributed by atoms with Crippen molar-refractivity contribution in [2.45, 2.75) is 30.1 Å². The van der Waals surface area contributed by atoms with Crippen molar-refractivity contribution in [1.29, 1.82) is 0 Å². The summed E-state index contributed by atoms with van der Waals surface area (Å²) in [4.78, 5) is 23.1. The van der Waals surface area contributed by atoms with Crippen LogP contribution in [-0.4, -0.2) is 58.9 Å². The molecule has 1 atom stereocenters. The second-order valence-electron chi connectivity index (χ2n) is 8.74. The molecule has 192 valence electrons. The standard InChI is InChI=1S/C27H28N4O4S2/c1-3-35-21-11-14-23-24(17-21)29-27(28-23)36-18-25(32)30-15-16-31(26(30)20-7-5-4-6-8-20)37(33,34)22-12-9-19(2)10-13-22/h4-14,17,26H,3,15-16,18H2,1-2H3,(H,28,29). The molecule has 1 amide bonds. The minimum Gasteiger partial charge on any atom is -0.494 e. The van der Waals surface area contributed by atoms with Gasteiger partial charge in [-0.15, -0.1) is 0 Å². The number of hydrogen-bond acceptors (Lipinski definition) is 6. The van der Waals surface area contributed by atoms with E-state index in [2.05, 4.69) is 9.97 Å². The van der Waals surface area contributed by atoms with Crippen molar-refractivity contribution in [3.63, 3.8) is 0 Å². The van der Waals surface area contributed by atoms with Crippen LogP contribution < -0.4 is 4.74 Å². The fourth-order valence-electron chi connectivity index (χ4n) is 4.44. The molecule has 4 aromatic rings. The number of hydrogen-bond donors (Lipinski definition) is 1. The monoisotopic (exact) mass is 536 g/mol. The predicted molar refractivity (Wildman–Crippen MR) is 144 cm³/mol. The van der Waals surface area contributed by atoms with E-state index < -0.39 is 16.2 Å². The molecule has 2 heterocycles. The second kappa shape index (κ2) is 10.6. The molecule has 8 nitrogen and oxygen atoms in total. The van der Waals surface area contributed by atoms with Gasteiger partial charge in [-0.1, -0.05) is 59.8 Å². The lowest BCUT2D eigenvalue weighted by Gasteiger charge is -2.30. The van der Waals surface area contributed by atoms with Crippen LogP contribution in [0.25, 0.3) is 11.0 Å². The van der Waals surface area contributed by atoms with E-state index in [1.54, 1.807) is 29.2 Å². The molecule has 10 heteroatoms. The normalized spacial score (nSPS) is 16.4. The molecule has 1 N–H and O–H groups in total. The molecule has 1 fully saturated rings. The molecule has 3 aromatic carbocycles. The van der Waals surface area contributed by atoms with Gasteiger partial charge in [0, 0.05) is 19.2 Å². The Morgan fingerprint density at radius 3 is 2.57 bits per heavy atom. The SMILES string of the molecule is CCOc1ccc2nc(SCC(=O)N3CCN(S(=O)(=O)c4ccc(C)cc4)C3c3ccccc3)[nH]c2c1. The van der Waals surface area contributed by atoms with Gasteiger partial charge in [0.1, 0.15) is 11.9 Å². The maximum Gasteiger partial charge on any atom is 0.245 e. The van der Waals surface area contributed by atoms with E-state index in [9.17, 15) is 13.2 Å². The van der Waals surface area contributed by atoms with Gasteiger partial charge in [0.2, 0.25) is 15.9 Å². The van der Waals surface area contributed by atoms with Crippen LogP contribution in [0.3, 0.4) is 0 Å². The van der Waals surface area contributed by atoms with Crippen LogP contribution in [0, 0.1) is 6.92 Å². The number of ether oxygens (including phenoxy) is 1. The van der Waals surface area contributed by atoms with Crippen LogP contribution in [0.2, 0.25) is 0 Å². The van der Waals surface area contributed by atoms with Crippen LogP contribution in [0.1, 0.15) is 24.2 Å². The average Bonchev–Trinajstić information content (AvgIpc) is 3.53. The van der Waals surface area contributed by atoms with E-state index >= 15 is 0 Å². The Morgan fingerprint density at radius 1 is 1.08 bits per heavy atom. The Hall–Kier alpha value is -3.34. The lowest BCUT2D eigenvalue weighted by atomic mass is 10.1. The molecule has 1 aliphatic rings. The third kappa shape index (κ3) is 5.22. The summed E-state index contributed by atoms with van der Waals surface area (Å²) >= 11 is 1.30. The number of sulfonamides is 1. The highest BCUT2D eigenvalue weighted by atomic mass is 32.2. The van der Waals surface area contributed by atoms with Crippen molar-refractivity contribution in [3.05, 3.63) is 83.9 Å². The maximum absolute atomic E-state index is 13.6. The Morgan fingerprint density at radius 2 is 1.84 bits per heavy atom. The first kappa shape index (κ1) is 25.3. The third-order valence-electron chi connectivity index (χ3n) is 6.25. The molecular weight excluding hydrogens is 508 g/mol. The van der Waals surface area contributed by atoms with Crippen LogP contribution in [0.4, 0.5) is 0 Å². The first-order chi connectivity index (χ1) is 17.9. The summed E-state index contributed by atoms with van der Waals surface area (Å²) < 4.78 is 34.2. The number of imidazole rings is 1. The summed E-state index contributed by atoms with van der Waals surface area (Å²) in [6.45, 7) is 4.94. The first-order valence-electron chi connectivity index (χ1n) is 12.0. The Balaban J connectivity index is 1.37. The van der Waals surface area contributed by atoms with Crippen molar-refractivity contribution in [2.24, 2.45) is 0 Å². The zero-order chi connectivity index (χ0) is 26.0. The van der Waals surface area contributed by atoms with Gasteiger partial charge in [-0.3, -0.25) is 4.79 Å². The number of fused-ring (bicyclic) bond motifs is 1. The van der Waals surface area contributed by atoms with Crippen LogP contribution >= 0.6 is 11.8 Å². The summed E-state index contributed by atoms with van der Waals surface area (Å²) in [5.41, 5.74) is 3.35. The van der Waals surface area contributed by atoms with Gasteiger partial charge in [-0.2, -0.15) is 4.31 Å².